The van der Waals surface area contributed by atoms with Crippen molar-refractivity contribution in [2.45, 2.75) is 46.1 Å². The maximum atomic E-state index is 12.1. The van der Waals surface area contributed by atoms with Gasteiger partial charge in [0.2, 0.25) is 0 Å². The quantitative estimate of drug-likeness (QED) is 0.779. The lowest BCUT2D eigenvalue weighted by Crippen LogP contribution is -2.42. The molecule has 1 aromatic carbocycles. The van der Waals surface area contributed by atoms with E-state index in [2.05, 4.69) is 29.0 Å². The van der Waals surface area contributed by atoms with Crippen molar-refractivity contribution in [3.05, 3.63) is 42.2 Å². The van der Waals surface area contributed by atoms with Crippen molar-refractivity contribution in [3.63, 3.8) is 0 Å². The van der Waals surface area contributed by atoms with Crippen molar-refractivity contribution in [2.75, 3.05) is 19.7 Å². The van der Waals surface area contributed by atoms with E-state index in [1.165, 1.54) is 5.56 Å². The monoisotopic (exact) mass is 383 g/mol. The summed E-state index contributed by atoms with van der Waals surface area (Å²) in [6, 6.07) is 8.12. The lowest BCUT2D eigenvalue weighted by atomic mass is 9.98. The molecule has 0 aliphatic carbocycles. The van der Waals surface area contributed by atoms with Gasteiger partial charge in [-0.05, 0) is 52.5 Å². The molecule has 2 aromatic rings. The third-order valence-electron chi connectivity index (χ3n) is 4.66. The zero-order valence-electron chi connectivity index (χ0n) is 17.1. The molecule has 28 heavy (non-hydrogen) atoms. The SMILES string of the molecule is Cc1cccc(-c2ncc(OCC3CCN(C(=O)OC(C)(C)C)CC3)cn2)c1. The van der Waals surface area contributed by atoms with Gasteiger partial charge in [-0.25, -0.2) is 14.8 Å². The number of likely N-dealkylation sites (tertiary alicyclic amines) is 1. The van der Waals surface area contributed by atoms with Crippen LogP contribution in [0.25, 0.3) is 11.4 Å². The number of aromatic nitrogens is 2. The fourth-order valence-electron chi connectivity index (χ4n) is 3.15. The number of piperidine rings is 1. The van der Waals surface area contributed by atoms with Crippen LogP contribution in [0.15, 0.2) is 36.7 Å². The molecule has 0 N–H and O–H groups in total. The zero-order chi connectivity index (χ0) is 20.1. The number of hydrogen-bond acceptors (Lipinski definition) is 5. The number of amides is 1. The Morgan fingerprint density at radius 2 is 1.86 bits per heavy atom. The predicted octanol–water partition coefficient (Wildman–Crippen LogP) is 4.48. The van der Waals surface area contributed by atoms with E-state index in [1.807, 2.05) is 32.9 Å². The van der Waals surface area contributed by atoms with E-state index in [0.717, 1.165) is 18.4 Å². The summed E-state index contributed by atoms with van der Waals surface area (Å²) in [5, 5.41) is 0. The highest BCUT2D eigenvalue weighted by Gasteiger charge is 2.27. The van der Waals surface area contributed by atoms with Crippen LogP contribution in [0.2, 0.25) is 0 Å². The molecule has 0 atom stereocenters. The normalized spacial score (nSPS) is 15.4. The number of ether oxygens (including phenoxy) is 2. The minimum absolute atomic E-state index is 0.230. The summed E-state index contributed by atoms with van der Waals surface area (Å²) in [6.45, 7) is 9.72. The van der Waals surface area contributed by atoms with Crippen LogP contribution in [0.4, 0.5) is 4.79 Å². The van der Waals surface area contributed by atoms with Crippen molar-refractivity contribution in [1.82, 2.24) is 14.9 Å². The summed E-state index contributed by atoms with van der Waals surface area (Å²) in [5.74, 6) is 1.78. The minimum Gasteiger partial charge on any atom is -0.490 e. The van der Waals surface area contributed by atoms with E-state index in [4.69, 9.17) is 9.47 Å². The highest BCUT2D eigenvalue weighted by molar-refractivity contribution is 5.68. The Hall–Kier alpha value is -2.63. The number of hydrogen-bond donors (Lipinski definition) is 0. The third kappa shape index (κ3) is 5.68. The van der Waals surface area contributed by atoms with Crippen LogP contribution in [0.3, 0.4) is 0 Å². The molecule has 1 fully saturated rings. The van der Waals surface area contributed by atoms with Gasteiger partial charge in [0.05, 0.1) is 19.0 Å². The van der Waals surface area contributed by atoms with Gasteiger partial charge in [0.25, 0.3) is 0 Å². The first kappa shape index (κ1) is 20.1. The van der Waals surface area contributed by atoms with Crippen molar-refractivity contribution >= 4 is 6.09 Å². The van der Waals surface area contributed by atoms with Crippen LogP contribution in [0.1, 0.15) is 39.2 Å². The Morgan fingerprint density at radius 1 is 1.18 bits per heavy atom. The van der Waals surface area contributed by atoms with Gasteiger partial charge < -0.3 is 14.4 Å². The van der Waals surface area contributed by atoms with E-state index >= 15 is 0 Å². The molecule has 3 rings (SSSR count). The van der Waals surface area contributed by atoms with Gasteiger partial charge in [-0.1, -0.05) is 23.8 Å². The second kappa shape index (κ2) is 8.59. The molecule has 0 saturated carbocycles. The Labute approximate surface area is 166 Å². The van der Waals surface area contributed by atoms with E-state index in [-0.39, 0.29) is 6.09 Å². The summed E-state index contributed by atoms with van der Waals surface area (Å²) >= 11 is 0. The molecule has 6 nitrogen and oxygen atoms in total. The van der Waals surface area contributed by atoms with Crippen molar-refractivity contribution < 1.29 is 14.3 Å². The molecular formula is C22H29N3O3. The van der Waals surface area contributed by atoms with Gasteiger partial charge in [0.1, 0.15) is 5.60 Å². The number of carbonyl (C=O) groups excluding carboxylic acids is 1. The Kier molecular flexibility index (Phi) is 6.17. The van der Waals surface area contributed by atoms with E-state index in [1.54, 1.807) is 17.3 Å². The molecule has 1 saturated heterocycles. The molecule has 1 aliphatic rings. The Bertz CT molecular complexity index is 791. The van der Waals surface area contributed by atoms with Crippen molar-refractivity contribution in [2.24, 2.45) is 5.92 Å². The zero-order valence-corrected chi connectivity index (χ0v) is 17.1. The van der Waals surface area contributed by atoms with Gasteiger partial charge in [-0.15, -0.1) is 0 Å². The van der Waals surface area contributed by atoms with E-state index < -0.39 is 5.60 Å². The standard InChI is InChI=1S/C22H29N3O3/c1-16-6-5-7-18(12-16)20-23-13-19(14-24-20)27-15-17-8-10-25(11-9-17)21(26)28-22(2,3)4/h5-7,12-14,17H,8-11,15H2,1-4H3. The number of benzene rings is 1. The number of rotatable bonds is 4. The fourth-order valence-corrected chi connectivity index (χ4v) is 3.15. The largest absolute Gasteiger partial charge is 0.490 e. The lowest BCUT2D eigenvalue weighted by molar-refractivity contribution is 0.0165. The Morgan fingerprint density at radius 3 is 2.46 bits per heavy atom. The maximum Gasteiger partial charge on any atom is 0.410 e. The van der Waals surface area contributed by atoms with Crippen LogP contribution in [0.5, 0.6) is 5.75 Å². The lowest BCUT2D eigenvalue weighted by Gasteiger charge is -2.33. The van der Waals surface area contributed by atoms with Crippen LogP contribution < -0.4 is 4.74 Å². The van der Waals surface area contributed by atoms with Gasteiger partial charge in [0.15, 0.2) is 11.6 Å². The van der Waals surface area contributed by atoms with E-state index in [0.29, 0.717) is 37.2 Å². The highest BCUT2D eigenvalue weighted by Crippen LogP contribution is 2.22. The number of carbonyl (C=O) groups is 1. The number of aryl methyl sites for hydroxylation is 1. The molecule has 0 spiro atoms. The average molecular weight is 383 g/mol. The molecule has 0 unspecified atom stereocenters. The highest BCUT2D eigenvalue weighted by atomic mass is 16.6. The first-order valence-corrected chi connectivity index (χ1v) is 9.80. The minimum atomic E-state index is -0.457. The molecule has 0 bridgehead atoms. The van der Waals surface area contributed by atoms with Crippen LogP contribution >= 0.6 is 0 Å². The Balaban J connectivity index is 1.46. The molecule has 1 aromatic heterocycles. The maximum absolute atomic E-state index is 12.1. The topological polar surface area (TPSA) is 64.5 Å². The van der Waals surface area contributed by atoms with E-state index in [9.17, 15) is 4.79 Å². The van der Waals surface area contributed by atoms with Gasteiger partial charge in [-0.2, -0.15) is 0 Å². The van der Waals surface area contributed by atoms with Crippen LogP contribution in [-0.4, -0.2) is 46.3 Å². The third-order valence-corrected chi connectivity index (χ3v) is 4.66. The van der Waals surface area contributed by atoms with Crippen molar-refractivity contribution in [1.29, 1.82) is 0 Å². The summed E-state index contributed by atoms with van der Waals surface area (Å²) < 4.78 is 11.3. The summed E-state index contributed by atoms with van der Waals surface area (Å²) in [4.78, 5) is 22.7. The summed E-state index contributed by atoms with van der Waals surface area (Å²) in [5.41, 5.74) is 1.72. The molecule has 2 heterocycles. The molecular weight excluding hydrogens is 354 g/mol. The van der Waals surface area contributed by atoms with Crippen LogP contribution in [-0.2, 0) is 4.74 Å². The molecule has 150 valence electrons. The molecule has 0 radical (unpaired) electrons. The van der Waals surface area contributed by atoms with Crippen molar-refractivity contribution in [3.8, 4) is 17.1 Å². The second-order valence-electron chi connectivity index (χ2n) is 8.33. The first-order chi connectivity index (χ1) is 13.3. The number of nitrogens with zero attached hydrogens (tertiary/aromatic N) is 3. The molecule has 1 aliphatic heterocycles. The van der Waals surface area contributed by atoms with Gasteiger partial charge in [0, 0.05) is 18.7 Å². The van der Waals surface area contributed by atoms with Gasteiger partial charge in [-0.3, -0.25) is 0 Å². The second-order valence-corrected chi connectivity index (χ2v) is 8.33. The summed E-state index contributed by atoms with van der Waals surface area (Å²) in [6.07, 6.45) is 5.02. The molecule has 1 amide bonds. The van der Waals surface area contributed by atoms with Gasteiger partial charge >= 0.3 is 6.09 Å². The van der Waals surface area contributed by atoms with Crippen LogP contribution in [0, 0.1) is 12.8 Å². The average Bonchev–Trinajstić information content (AvgIpc) is 2.66. The smallest absolute Gasteiger partial charge is 0.410 e. The summed E-state index contributed by atoms with van der Waals surface area (Å²) in [7, 11) is 0. The molecule has 6 heteroatoms. The first-order valence-electron chi connectivity index (χ1n) is 9.80. The fraction of sp³-hybridized carbons (Fsp3) is 0.500. The predicted molar refractivity (Wildman–Crippen MR) is 108 cm³/mol.